The molecule has 0 aliphatic carbocycles. The van der Waals surface area contributed by atoms with E-state index in [-0.39, 0.29) is 18.2 Å². The minimum absolute atomic E-state index is 0. The summed E-state index contributed by atoms with van der Waals surface area (Å²) in [6.45, 7) is 1.70. The third-order valence-corrected chi connectivity index (χ3v) is 6.53. The van der Waals surface area contributed by atoms with E-state index in [0.717, 1.165) is 6.26 Å². The average Bonchev–Trinajstić information content (AvgIpc) is 2.75. The maximum atomic E-state index is 12.9. The number of fused-ring (bicyclic) bond motifs is 1. The van der Waals surface area contributed by atoms with E-state index < -0.39 is 15.4 Å². The zero-order valence-electron chi connectivity index (χ0n) is 16.8. The quantitative estimate of drug-likeness (QED) is 0.616. The largest absolute Gasteiger partial charge is 0.366 e. The zero-order valence-corrected chi connectivity index (χ0v) is 17.6. The number of hydrogen-bond donors (Lipinski definition) is 0. The number of rotatable bonds is 3. The fraction of sp³-hybridized carbons (Fsp3) is 0.318. The second kappa shape index (κ2) is 8.50. The van der Waals surface area contributed by atoms with Crippen LogP contribution in [-0.4, -0.2) is 61.2 Å². The number of para-hydroxylation sites is 1. The second-order valence-corrected chi connectivity index (χ2v) is 9.30. The first-order valence-corrected chi connectivity index (χ1v) is 11.4. The number of sulfone groups is 1. The van der Waals surface area contributed by atoms with E-state index in [9.17, 15) is 18.0 Å². The monoisotopic (exact) mass is 442 g/mol. The molecule has 1 aliphatic rings. The Balaban J connectivity index is 0.00000272. The van der Waals surface area contributed by atoms with Gasteiger partial charge >= 0.3 is 0 Å². The number of anilines is 1. The highest BCUT2D eigenvalue weighted by Crippen LogP contribution is 2.32. The van der Waals surface area contributed by atoms with Gasteiger partial charge in [0, 0.05) is 62.8 Å². The topological polar surface area (TPSA) is 92.6 Å². The summed E-state index contributed by atoms with van der Waals surface area (Å²) in [7, 11) is -2.18. The van der Waals surface area contributed by atoms with Crippen molar-refractivity contribution < 1.29 is 13.2 Å². The van der Waals surface area contributed by atoms with E-state index in [2.05, 4.69) is 4.98 Å². The van der Waals surface area contributed by atoms with Crippen molar-refractivity contribution >= 4 is 32.3 Å². The van der Waals surface area contributed by atoms with Crippen molar-refractivity contribution in [3.63, 3.8) is 0 Å². The summed E-state index contributed by atoms with van der Waals surface area (Å²) in [6.07, 6.45) is 4.22. The van der Waals surface area contributed by atoms with Crippen LogP contribution in [0.15, 0.2) is 58.5 Å². The molecule has 0 atom stereocenters. The Morgan fingerprint density at radius 2 is 1.61 bits per heavy atom. The first-order chi connectivity index (χ1) is 14.3. The van der Waals surface area contributed by atoms with Crippen LogP contribution in [0.3, 0.4) is 0 Å². The Kier molecular flexibility index (Phi) is 6.17. The normalized spacial score (nSPS) is 14.4. The van der Waals surface area contributed by atoms with Crippen LogP contribution >= 0.6 is 0 Å². The Morgan fingerprint density at radius 3 is 2.23 bits per heavy atom. The van der Waals surface area contributed by atoms with Gasteiger partial charge in [0.1, 0.15) is 0 Å². The average molecular weight is 443 g/mol. The molecule has 4 rings (SSSR count). The van der Waals surface area contributed by atoms with Gasteiger partial charge in [-0.1, -0.05) is 25.6 Å². The number of pyridine rings is 2. The molecule has 3 heterocycles. The van der Waals surface area contributed by atoms with Gasteiger partial charge in [-0.2, -0.15) is 0 Å². The van der Waals surface area contributed by atoms with E-state index in [1.54, 1.807) is 42.5 Å². The van der Waals surface area contributed by atoms with E-state index in [1.165, 1.54) is 4.57 Å². The number of benzene rings is 1. The molecule has 31 heavy (non-hydrogen) atoms. The summed E-state index contributed by atoms with van der Waals surface area (Å²) < 4.78 is 26.5. The molecule has 0 radical (unpaired) electrons. The minimum Gasteiger partial charge on any atom is -0.366 e. The second-order valence-electron chi connectivity index (χ2n) is 7.35. The lowest BCUT2D eigenvalue weighted by molar-refractivity contribution is 0.0746. The first kappa shape index (κ1) is 22.5. The van der Waals surface area contributed by atoms with E-state index in [1.807, 2.05) is 23.1 Å². The van der Waals surface area contributed by atoms with Crippen molar-refractivity contribution in [1.29, 1.82) is 0 Å². The SMILES string of the molecule is C.Cn1c(=O)c(S(C)(=O)=O)c(N2CCN(C(=O)c3ccncc3)CC2)c2ccccc21. The lowest BCUT2D eigenvalue weighted by Crippen LogP contribution is -2.49. The molecule has 1 fully saturated rings. The summed E-state index contributed by atoms with van der Waals surface area (Å²) in [6, 6.07) is 10.6. The van der Waals surface area contributed by atoms with Gasteiger partial charge in [-0.3, -0.25) is 14.6 Å². The smallest absolute Gasteiger partial charge is 0.271 e. The van der Waals surface area contributed by atoms with Gasteiger partial charge in [-0.25, -0.2) is 8.42 Å². The molecular weight excluding hydrogens is 416 g/mol. The fourth-order valence-electron chi connectivity index (χ4n) is 3.91. The highest BCUT2D eigenvalue weighted by atomic mass is 32.2. The van der Waals surface area contributed by atoms with Gasteiger partial charge < -0.3 is 14.4 Å². The Morgan fingerprint density at radius 1 is 1.00 bits per heavy atom. The predicted molar refractivity (Wildman–Crippen MR) is 121 cm³/mol. The lowest BCUT2D eigenvalue weighted by Gasteiger charge is -2.37. The summed E-state index contributed by atoms with van der Waals surface area (Å²) >= 11 is 0. The Labute approximate surface area is 181 Å². The molecule has 0 bridgehead atoms. The van der Waals surface area contributed by atoms with E-state index in [4.69, 9.17) is 0 Å². The maximum absolute atomic E-state index is 12.9. The van der Waals surface area contributed by atoms with Gasteiger partial charge in [-0.15, -0.1) is 0 Å². The molecule has 0 saturated carbocycles. The summed E-state index contributed by atoms with van der Waals surface area (Å²) in [5, 5.41) is 0.703. The Bertz CT molecular complexity index is 1280. The Hall–Kier alpha value is -3.20. The molecule has 8 nitrogen and oxygen atoms in total. The minimum atomic E-state index is -3.76. The number of hydrogen-bond acceptors (Lipinski definition) is 6. The number of carbonyl (C=O) groups excluding carboxylic acids is 1. The van der Waals surface area contributed by atoms with Crippen LogP contribution < -0.4 is 10.5 Å². The number of aryl methyl sites for hydroxylation is 1. The molecule has 9 heteroatoms. The van der Waals surface area contributed by atoms with Gasteiger partial charge in [-0.05, 0) is 18.2 Å². The summed E-state index contributed by atoms with van der Waals surface area (Å²) in [5.41, 5.74) is 1.11. The molecule has 0 spiro atoms. The molecule has 1 aliphatic heterocycles. The fourth-order valence-corrected chi connectivity index (χ4v) is 4.95. The van der Waals surface area contributed by atoms with Gasteiger partial charge in [0.25, 0.3) is 11.5 Å². The van der Waals surface area contributed by atoms with Crippen LogP contribution in [0.1, 0.15) is 17.8 Å². The predicted octanol–water partition coefficient (Wildman–Crippen LogP) is 1.94. The van der Waals surface area contributed by atoms with Crippen molar-refractivity contribution in [2.24, 2.45) is 7.05 Å². The highest BCUT2D eigenvalue weighted by molar-refractivity contribution is 7.90. The standard InChI is InChI=1S/C21H22N4O4S.CH4/c1-23-17-6-4-3-5-16(17)18(19(21(23)27)30(2,28)29)24-11-13-25(14-12-24)20(26)15-7-9-22-10-8-15;/h3-10H,11-14H2,1-2H3;1H4. The molecule has 2 aromatic heterocycles. The van der Waals surface area contributed by atoms with Gasteiger partial charge in [0.05, 0.1) is 11.2 Å². The van der Waals surface area contributed by atoms with Crippen molar-refractivity contribution in [1.82, 2.24) is 14.5 Å². The molecule has 0 N–H and O–H groups in total. The van der Waals surface area contributed by atoms with Crippen LogP contribution in [0.5, 0.6) is 0 Å². The molecule has 164 valence electrons. The third-order valence-electron chi connectivity index (χ3n) is 5.42. The molecule has 3 aromatic rings. The molecule has 1 aromatic carbocycles. The van der Waals surface area contributed by atoms with Crippen LogP contribution in [0, 0.1) is 0 Å². The van der Waals surface area contributed by atoms with Crippen LogP contribution in [0.25, 0.3) is 10.9 Å². The summed E-state index contributed by atoms with van der Waals surface area (Å²) in [4.78, 5) is 33.0. The molecule has 1 saturated heterocycles. The maximum Gasteiger partial charge on any atom is 0.271 e. The van der Waals surface area contributed by atoms with Gasteiger partial charge in [0.15, 0.2) is 14.7 Å². The van der Waals surface area contributed by atoms with Gasteiger partial charge in [0.2, 0.25) is 0 Å². The number of nitrogens with zero attached hydrogens (tertiary/aromatic N) is 4. The van der Waals surface area contributed by atoms with Crippen molar-refractivity contribution in [3.05, 3.63) is 64.7 Å². The third kappa shape index (κ3) is 4.05. The van der Waals surface area contributed by atoms with Crippen LogP contribution in [0.4, 0.5) is 5.69 Å². The highest BCUT2D eigenvalue weighted by Gasteiger charge is 2.30. The first-order valence-electron chi connectivity index (χ1n) is 9.55. The molecular formula is C22H26N4O4S. The van der Waals surface area contributed by atoms with Crippen molar-refractivity contribution in [2.75, 3.05) is 37.3 Å². The number of piperazine rings is 1. The summed E-state index contributed by atoms with van der Waals surface area (Å²) in [5.74, 6) is -0.0887. The zero-order chi connectivity index (χ0) is 21.5. The lowest BCUT2D eigenvalue weighted by atomic mass is 10.1. The van der Waals surface area contributed by atoms with E-state index >= 15 is 0 Å². The van der Waals surface area contributed by atoms with Crippen LogP contribution in [0.2, 0.25) is 0 Å². The van der Waals surface area contributed by atoms with E-state index in [0.29, 0.717) is 48.3 Å². The number of aromatic nitrogens is 2. The number of carbonyl (C=O) groups is 1. The van der Waals surface area contributed by atoms with Crippen LogP contribution in [-0.2, 0) is 16.9 Å². The van der Waals surface area contributed by atoms with Crippen molar-refractivity contribution in [2.45, 2.75) is 12.3 Å². The number of amides is 1. The molecule has 0 unspecified atom stereocenters. The molecule has 1 amide bonds. The van der Waals surface area contributed by atoms with Crippen molar-refractivity contribution in [3.8, 4) is 0 Å².